The molecule has 0 heterocycles. The summed E-state index contributed by atoms with van der Waals surface area (Å²) >= 11 is 0. The summed E-state index contributed by atoms with van der Waals surface area (Å²) in [5.74, 6) is 0. The van der Waals surface area contributed by atoms with Crippen molar-refractivity contribution in [3.05, 3.63) is 0 Å². The second-order valence-corrected chi connectivity index (χ2v) is 2.18. The summed E-state index contributed by atoms with van der Waals surface area (Å²) < 4.78 is 4.82. The highest BCUT2D eigenvalue weighted by atomic mass is 16.5. The molecular weight excluding hydrogens is 150 g/mol. The zero-order chi connectivity index (χ0) is 8.85. The van der Waals surface area contributed by atoms with E-state index in [1.165, 1.54) is 7.11 Å². The molecule has 2 atom stereocenters. The van der Waals surface area contributed by atoms with Gasteiger partial charge in [-0.05, 0) is 6.92 Å². The Morgan fingerprint density at radius 3 is 2.55 bits per heavy atom. The first-order valence-electron chi connectivity index (χ1n) is 3.25. The lowest BCUT2D eigenvalue weighted by Crippen LogP contribution is -2.44. The minimum absolute atomic E-state index is 0.263. The van der Waals surface area contributed by atoms with Gasteiger partial charge in [-0.1, -0.05) is 0 Å². The van der Waals surface area contributed by atoms with Crippen LogP contribution in [0.25, 0.3) is 0 Å². The number of rotatable bonds is 4. The Morgan fingerprint density at radius 1 is 1.73 bits per heavy atom. The molecule has 0 aliphatic heterocycles. The molecule has 0 radical (unpaired) electrons. The van der Waals surface area contributed by atoms with Crippen LogP contribution >= 0.6 is 0 Å². The van der Waals surface area contributed by atoms with Crippen LogP contribution in [0.15, 0.2) is 0 Å². The minimum atomic E-state index is -1.16. The first kappa shape index (κ1) is 10.2. The molecule has 66 valence electrons. The third kappa shape index (κ3) is 3.79. The van der Waals surface area contributed by atoms with Crippen LogP contribution in [0.2, 0.25) is 0 Å². The summed E-state index contributed by atoms with van der Waals surface area (Å²) in [5, 5.41) is 19.1. The third-order valence-corrected chi connectivity index (χ3v) is 1.44. The zero-order valence-corrected chi connectivity index (χ0v) is 6.57. The topological polar surface area (TPSA) is 78.8 Å². The smallest absolute Gasteiger partial charge is 0.405 e. The van der Waals surface area contributed by atoms with Crippen molar-refractivity contribution < 1.29 is 19.7 Å². The first-order chi connectivity index (χ1) is 5.11. The lowest BCUT2D eigenvalue weighted by molar-refractivity contribution is 0.0581. The van der Waals surface area contributed by atoms with Crippen LogP contribution in [0.1, 0.15) is 6.92 Å². The molecule has 0 fully saturated rings. The zero-order valence-electron chi connectivity index (χ0n) is 6.57. The van der Waals surface area contributed by atoms with Crippen LogP contribution in [-0.4, -0.2) is 42.2 Å². The number of ether oxygens (including phenoxy) is 1. The number of hydrogen-bond donors (Lipinski definition) is 3. The Labute approximate surface area is 65.0 Å². The van der Waals surface area contributed by atoms with Crippen molar-refractivity contribution in [1.29, 1.82) is 0 Å². The number of amides is 1. The molecule has 0 spiro atoms. The van der Waals surface area contributed by atoms with E-state index in [1.54, 1.807) is 6.92 Å². The molecule has 0 aliphatic carbocycles. The van der Waals surface area contributed by atoms with Crippen molar-refractivity contribution in [3.8, 4) is 0 Å². The minimum Gasteiger partial charge on any atom is -0.465 e. The fourth-order valence-corrected chi connectivity index (χ4v) is 0.634. The molecule has 0 saturated heterocycles. The maximum atomic E-state index is 10.1. The monoisotopic (exact) mass is 163 g/mol. The van der Waals surface area contributed by atoms with Crippen LogP contribution in [-0.2, 0) is 4.74 Å². The summed E-state index contributed by atoms with van der Waals surface area (Å²) in [6.07, 6.45) is -1.48. The summed E-state index contributed by atoms with van der Waals surface area (Å²) in [7, 11) is 1.46. The molecule has 2 unspecified atom stereocenters. The van der Waals surface area contributed by atoms with Gasteiger partial charge < -0.3 is 20.3 Å². The molecule has 0 saturated carbocycles. The van der Waals surface area contributed by atoms with Gasteiger partial charge in [0.15, 0.2) is 0 Å². The van der Waals surface area contributed by atoms with E-state index >= 15 is 0 Å². The van der Waals surface area contributed by atoms with Gasteiger partial charge in [0.1, 0.15) is 0 Å². The molecule has 0 aromatic rings. The number of aliphatic hydroxyl groups excluding tert-OH is 1. The fraction of sp³-hybridized carbons (Fsp3) is 0.833. The maximum Gasteiger partial charge on any atom is 0.405 e. The number of carbonyl (C=O) groups is 1. The van der Waals surface area contributed by atoms with Gasteiger partial charge in [0, 0.05) is 7.11 Å². The molecule has 5 nitrogen and oxygen atoms in total. The van der Waals surface area contributed by atoms with Gasteiger partial charge in [0.05, 0.1) is 18.8 Å². The Kier molecular flexibility index (Phi) is 4.56. The van der Waals surface area contributed by atoms with Crippen molar-refractivity contribution in [2.24, 2.45) is 0 Å². The largest absolute Gasteiger partial charge is 0.465 e. The molecular formula is C6H13NO4. The van der Waals surface area contributed by atoms with E-state index < -0.39 is 12.1 Å². The number of hydrogen-bond acceptors (Lipinski definition) is 3. The predicted octanol–water partition coefficient (Wildman–Crippen LogP) is -0.350. The number of methoxy groups -OCH3 is 1. The normalized spacial score (nSPS) is 15.5. The molecule has 11 heavy (non-hydrogen) atoms. The van der Waals surface area contributed by atoms with E-state index in [0.717, 1.165) is 0 Å². The highest BCUT2D eigenvalue weighted by molar-refractivity contribution is 5.64. The molecule has 0 rings (SSSR count). The Morgan fingerprint density at radius 2 is 2.27 bits per heavy atom. The molecule has 0 bridgehead atoms. The van der Waals surface area contributed by atoms with E-state index in [0.29, 0.717) is 0 Å². The van der Waals surface area contributed by atoms with E-state index in [4.69, 9.17) is 14.9 Å². The number of aliphatic hydroxyl groups is 1. The van der Waals surface area contributed by atoms with Crippen molar-refractivity contribution in [3.63, 3.8) is 0 Å². The van der Waals surface area contributed by atoms with Gasteiger partial charge in [-0.3, -0.25) is 0 Å². The van der Waals surface area contributed by atoms with Crippen LogP contribution in [0, 0.1) is 0 Å². The first-order valence-corrected chi connectivity index (χ1v) is 3.25. The lowest BCUT2D eigenvalue weighted by atomic mass is 10.2. The van der Waals surface area contributed by atoms with Crippen molar-refractivity contribution >= 4 is 6.09 Å². The van der Waals surface area contributed by atoms with Crippen molar-refractivity contribution in [1.82, 2.24) is 5.32 Å². The van der Waals surface area contributed by atoms with Gasteiger partial charge >= 0.3 is 6.09 Å². The summed E-state index contributed by atoms with van der Waals surface area (Å²) in [6.45, 7) is 1.41. The molecule has 0 aliphatic rings. The van der Waals surface area contributed by atoms with Crippen LogP contribution in [0.3, 0.4) is 0 Å². The van der Waals surface area contributed by atoms with E-state index in [2.05, 4.69) is 5.32 Å². The van der Waals surface area contributed by atoms with E-state index in [1.807, 2.05) is 0 Å². The standard InChI is InChI=1S/C6H13NO4/c1-4(11-2)5(3-8)7-6(9)10/h4-5,7-8H,3H2,1-2H3,(H,9,10). The predicted molar refractivity (Wildman–Crippen MR) is 38.5 cm³/mol. The van der Waals surface area contributed by atoms with Crippen molar-refractivity contribution in [2.45, 2.75) is 19.1 Å². The Balaban J connectivity index is 3.84. The van der Waals surface area contributed by atoms with Crippen LogP contribution in [0.4, 0.5) is 4.79 Å². The Bertz CT molecular complexity index is 128. The molecule has 5 heteroatoms. The average Bonchev–Trinajstić information content (AvgIpc) is 1.98. The summed E-state index contributed by atoms with van der Waals surface area (Å²) in [5.41, 5.74) is 0. The highest BCUT2D eigenvalue weighted by Crippen LogP contribution is 1.95. The highest BCUT2D eigenvalue weighted by Gasteiger charge is 2.17. The van der Waals surface area contributed by atoms with Crippen LogP contribution in [0.5, 0.6) is 0 Å². The second kappa shape index (κ2) is 4.92. The number of nitrogens with one attached hydrogen (secondary N) is 1. The van der Waals surface area contributed by atoms with Gasteiger partial charge in [-0.2, -0.15) is 0 Å². The maximum absolute atomic E-state index is 10.1. The molecule has 1 amide bonds. The SMILES string of the molecule is COC(C)C(CO)NC(=O)O. The van der Waals surface area contributed by atoms with Gasteiger partial charge in [0.25, 0.3) is 0 Å². The third-order valence-electron chi connectivity index (χ3n) is 1.44. The summed E-state index contributed by atoms with van der Waals surface area (Å²) in [6, 6.07) is -0.558. The quantitative estimate of drug-likeness (QED) is 0.529. The van der Waals surface area contributed by atoms with Gasteiger partial charge in [-0.15, -0.1) is 0 Å². The number of carboxylic acid groups (broad SMARTS) is 1. The lowest BCUT2D eigenvalue weighted by Gasteiger charge is -2.19. The van der Waals surface area contributed by atoms with E-state index in [9.17, 15) is 4.79 Å². The van der Waals surface area contributed by atoms with Gasteiger partial charge in [0.2, 0.25) is 0 Å². The Hall–Kier alpha value is -0.810. The molecule has 0 aromatic heterocycles. The van der Waals surface area contributed by atoms with Crippen LogP contribution < -0.4 is 5.32 Å². The average molecular weight is 163 g/mol. The van der Waals surface area contributed by atoms with E-state index in [-0.39, 0.29) is 12.7 Å². The van der Waals surface area contributed by atoms with Gasteiger partial charge in [-0.25, -0.2) is 4.79 Å². The molecule has 3 N–H and O–H groups in total. The van der Waals surface area contributed by atoms with Crippen molar-refractivity contribution in [2.75, 3.05) is 13.7 Å². The molecule has 0 aromatic carbocycles. The second-order valence-electron chi connectivity index (χ2n) is 2.18. The fourth-order valence-electron chi connectivity index (χ4n) is 0.634. The summed E-state index contributed by atoms with van der Waals surface area (Å²) in [4.78, 5) is 10.1.